The Kier molecular flexibility index (Phi) is 5.49. The van der Waals surface area contributed by atoms with E-state index in [-0.39, 0.29) is 30.2 Å². The molecule has 0 spiro atoms. The van der Waals surface area contributed by atoms with Crippen LogP contribution in [0.25, 0.3) is 0 Å². The summed E-state index contributed by atoms with van der Waals surface area (Å²) in [5, 5.41) is 0. The van der Waals surface area contributed by atoms with Gasteiger partial charge in [0.15, 0.2) is 0 Å². The third-order valence-corrected chi connectivity index (χ3v) is 3.80. The van der Waals surface area contributed by atoms with Crippen molar-refractivity contribution in [2.24, 2.45) is 0 Å². The summed E-state index contributed by atoms with van der Waals surface area (Å²) in [5.41, 5.74) is 1.93. The fourth-order valence-electron chi connectivity index (χ4n) is 2.37. The first-order valence-electron chi connectivity index (χ1n) is 8.14. The van der Waals surface area contributed by atoms with Gasteiger partial charge in [0.2, 0.25) is 11.2 Å². The molecule has 3 rings (SSSR count). The van der Waals surface area contributed by atoms with Crippen molar-refractivity contribution in [2.75, 3.05) is 0 Å². The number of rotatable bonds is 6. The summed E-state index contributed by atoms with van der Waals surface area (Å²) in [6, 6.07) is 17.9. The Labute approximate surface area is 150 Å². The number of carbonyl (C=O) groups is 1. The Morgan fingerprint density at radius 3 is 2.46 bits per heavy atom. The molecule has 5 nitrogen and oxygen atoms in total. The Hall–Kier alpha value is -3.34. The van der Waals surface area contributed by atoms with E-state index in [0.29, 0.717) is 5.56 Å². The van der Waals surface area contributed by atoms with Crippen LogP contribution >= 0.6 is 0 Å². The molecule has 0 saturated carbocycles. The van der Waals surface area contributed by atoms with Crippen molar-refractivity contribution in [1.82, 2.24) is 0 Å². The number of hydrogen-bond acceptors (Lipinski definition) is 5. The van der Waals surface area contributed by atoms with Gasteiger partial charge in [0, 0.05) is 6.07 Å². The van der Waals surface area contributed by atoms with E-state index in [0.717, 1.165) is 11.1 Å². The van der Waals surface area contributed by atoms with E-state index in [1.165, 1.54) is 12.3 Å². The van der Waals surface area contributed by atoms with Crippen LogP contribution in [0.1, 0.15) is 27.2 Å². The maximum absolute atomic E-state index is 12.1. The summed E-state index contributed by atoms with van der Waals surface area (Å²) < 4.78 is 16.0. The van der Waals surface area contributed by atoms with Crippen LogP contribution in [0.3, 0.4) is 0 Å². The minimum Gasteiger partial charge on any atom is -0.482 e. The minimum absolute atomic E-state index is 0.114. The highest BCUT2D eigenvalue weighted by Gasteiger charge is 2.12. The second-order valence-corrected chi connectivity index (χ2v) is 5.74. The predicted molar refractivity (Wildman–Crippen MR) is 96.1 cm³/mol. The molecule has 2 aromatic carbocycles. The maximum Gasteiger partial charge on any atom is 0.338 e. The summed E-state index contributed by atoms with van der Waals surface area (Å²) in [7, 11) is 0. The Balaban J connectivity index is 1.60. The molecule has 0 atom stereocenters. The van der Waals surface area contributed by atoms with Gasteiger partial charge in [-0.2, -0.15) is 0 Å². The molecule has 0 fully saturated rings. The third-order valence-electron chi connectivity index (χ3n) is 3.80. The lowest BCUT2D eigenvalue weighted by molar-refractivity contribution is 0.0441. The van der Waals surface area contributed by atoms with Gasteiger partial charge in [-0.05, 0) is 24.1 Å². The Bertz CT molecular complexity index is 944. The Morgan fingerprint density at radius 1 is 1.00 bits per heavy atom. The predicted octanol–water partition coefficient (Wildman–Crippen LogP) is 3.88. The van der Waals surface area contributed by atoms with E-state index in [4.69, 9.17) is 13.9 Å². The van der Waals surface area contributed by atoms with Gasteiger partial charge in [-0.25, -0.2) is 4.79 Å². The van der Waals surface area contributed by atoms with Gasteiger partial charge in [0.05, 0.1) is 5.56 Å². The van der Waals surface area contributed by atoms with Crippen LogP contribution < -0.4 is 10.2 Å². The first-order chi connectivity index (χ1) is 12.6. The van der Waals surface area contributed by atoms with E-state index >= 15 is 0 Å². The molecule has 0 amide bonds. The number of hydrogen-bond donors (Lipinski definition) is 0. The second kappa shape index (κ2) is 8.16. The average Bonchev–Trinajstić information content (AvgIpc) is 2.66. The van der Waals surface area contributed by atoms with Crippen molar-refractivity contribution in [1.29, 1.82) is 0 Å². The molecule has 5 heteroatoms. The summed E-state index contributed by atoms with van der Waals surface area (Å²) in [4.78, 5) is 24.2. The van der Waals surface area contributed by atoms with Crippen molar-refractivity contribution in [2.45, 2.75) is 20.1 Å². The van der Waals surface area contributed by atoms with Gasteiger partial charge in [-0.1, -0.05) is 48.5 Å². The van der Waals surface area contributed by atoms with Gasteiger partial charge in [0.1, 0.15) is 25.2 Å². The fourth-order valence-corrected chi connectivity index (χ4v) is 2.37. The fraction of sp³-hybridized carbons (Fsp3) is 0.143. The number of aryl methyl sites for hydroxylation is 1. The van der Waals surface area contributed by atoms with Crippen molar-refractivity contribution in [3.8, 4) is 5.75 Å². The molecule has 0 aliphatic rings. The highest BCUT2D eigenvalue weighted by atomic mass is 16.5. The largest absolute Gasteiger partial charge is 0.482 e. The minimum atomic E-state index is -0.463. The highest BCUT2D eigenvalue weighted by molar-refractivity contribution is 5.90. The second-order valence-electron chi connectivity index (χ2n) is 5.74. The van der Waals surface area contributed by atoms with E-state index in [1.54, 1.807) is 12.1 Å². The van der Waals surface area contributed by atoms with Crippen LogP contribution in [-0.4, -0.2) is 5.97 Å². The van der Waals surface area contributed by atoms with Crippen LogP contribution in [0, 0.1) is 6.92 Å². The molecule has 0 unspecified atom stereocenters. The molecule has 0 radical (unpaired) electrons. The standard InChI is InChI=1S/C21H18O5/c1-15-7-5-6-10-18(15)21(23)26-13-17-11-19(22)20(14-24-17)25-12-16-8-3-2-4-9-16/h2-11,14H,12-13H2,1H3. The zero-order chi connectivity index (χ0) is 18.4. The zero-order valence-electron chi connectivity index (χ0n) is 14.3. The summed E-state index contributed by atoms with van der Waals surface area (Å²) in [6.07, 6.45) is 1.24. The summed E-state index contributed by atoms with van der Waals surface area (Å²) in [6.45, 7) is 1.98. The molecule has 1 aromatic heterocycles. The van der Waals surface area contributed by atoms with Gasteiger partial charge in [0.25, 0.3) is 0 Å². The molecule has 3 aromatic rings. The lowest BCUT2D eigenvalue weighted by atomic mass is 10.1. The number of esters is 1. The molecule has 0 N–H and O–H groups in total. The van der Waals surface area contributed by atoms with Crippen LogP contribution in [0.15, 0.2) is 76.1 Å². The first kappa shape index (κ1) is 17.5. The molecular weight excluding hydrogens is 332 g/mol. The summed E-state index contributed by atoms with van der Waals surface area (Å²) in [5.74, 6) is -0.0954. The molecule has 1 heterocycles. The average molecular weight is 350 g/mol. The lowest BCUT2D eigenvalue weighted by Crippen LogP contribution is -2.10. The van der Waals surface area contributed by atoms with E-state index in [2.05, 4.69) is 0 Å². The van der Waals surface area contributed by atoms with Gasteiger partial charge in [-0.15, -0.1) is 0 Å². The number of ether oxygens (including phenoxy) is 2. The topological polar surface area (TPSA) is 65.7 Å². The first-order valence-corrected chi connectivity index (χ1v) is 8.14. The van der Waals surface area contributed by atoms with Crippen molar-refractivity contribution >= 4 is 5.97 Å². The molecular formula is C21H18O5. The normalized spacial score (nSPS) is 10.3. The van der Waals surface area contributed by atoms with Crippen LogP contribution in [0.4, 0.5) is 0 Å². The number of carbonyl (C=O) groups excluding carboxylic acids is 1. The van der Waals surface area contributed by atoms with E-state index in [1.807, 2.05) is 49.4 Å². The quantitative estimate of drug-likeness (QED) is 0.631. The van der Waals surface area contributed by atoms with Gasteiger partial charge in [-0.3, -0.25) is 4.79 Å². The Morgan fingerprint density at radius 2 is 1.73 bits per heavy atom. The van der Waals surface area contributed by atoms with E-state index < -0.39 is 5.97 Å². The van der Waals surface area contributed by atoms with Crippen LogP contribution in [0.2, 0.25) is 0 Å². The maximum atomic E-state index is 12.1. The van der Waals surface area contributed by atoms with Crippen molar-refractivity contribution in [3.63, 3.8) is 0 Å². The summed E-state index contributed by atoms with van der Waals surface area (Å²) >= 11 is 0. The number of benzene rings is 2. The molecule has 132 valence electrons. The zero-order valence-corrected chi connectivity index (χ0v) is 14.3. The molecule has 0 bridgehead atoms. The SMILES string of the molecule is Cc1ccccc1C(=O)OCc1cc(=O)c(OCc2ccccc2)co1. The monoisotopic (exact) mass is 350 g/mol. The van der Waals surface area contributed by atoms with Gasteiger partial charge < -0.3 is 13.9 Å². The van der Waals surface area contributed by atoms with Crippen molar-refractivity contribution in [3.05, 3.63) is 99.6 Å². The molecule has 26 heavy (non-hydrogen) atoms. The third kappa shape index (κ3) is 4.39. The van der Waals surface area contributed by atoms with Gasteiger partial charge >= 0.3 is 5.97 Å². The van der Waals surface area contributed by atoms with Crippen molar-refractivity contribution < 1.29 is 18.7 Å². The molecule has 0 aliphatic carbocycles. The van der Waals surface area contributed by atoms with Crippen LogP contribution in [-0.2, 0) is 18.0 Å². The van der Waals surface area contributed by atoms with Crippen LogP contribution in [0.5, 0.6) is 5.75 Å². The molecule has 0 saturated heterocycles. The molecule has 0 aliphatic heterocycles. The lowest BCUT2D eigenvalue weighted by Gasteiger charge is -2.08. The van der Waals surface area contributed by atoms with E-state index in [9.17, 15) is 9.59 Å². The highest BCUT2D eigenvalue weighted by Crippen LogP contribution is 2.12. The smallest absolute Gasteiger partial charge is 0.338 e.